The number of anilines is 1. The summed E-state index contributed by atoms with van der Waals surface area (Å²) in [5.74, 6) is 1.96. The van der Waals surface area contributed by atoms with Crippen molar-refractivity contribution in [3.8, 4) is 40.4 Å². The topological polar surface area (TPSA) is 82.1 Å². The highest BCUT2D eigenvalue weighted by Gasteiger charge is 2.52. The third-order valence-electron chi connectivity index (χ3n) is 19.2. The Kier molecular flexibility index (Phi) is 18.5. The summed E-state index contributed by atoms with van der Waals surface area (Å²) >= 11 is 0. The Morgan fingerprint density at radius 2 is 1.38 bits per heavy atom. The molecule has 0 spiro atoms. The number of pyridine rings is 1. The highest BCUT2D eigenvalue weighted by molar-refractivity contribution is 6.99. The summed E-state index contributed by atoms with van der Waals surface area (Å²) in [6.07, 6.45) is -5.45. The van der Waals surface area contributed by atoms with Crippen LogP contribution < -0.4 is 29.2 Å². The predicted octanol–water partition coefficient (Wildman–Crippen LogP) is 16.3. The number of alkyl halides is 4. The van der Waals surface area contributed by atoms with E-state index in [0.29, 0.717) is 29.5 Å². The number of nitrogens with zero attached hydrogens (tertiary/aromatic N) is 5. The molecule has 18 heteroatoms. The molecule has 0 radical (unpaired) electrons. The van der Waals surface area contributed by atoms with Gasteiger partial charge in [0.2, 0.25) is 5.88 Å². The van der Waals surface area contributed by atoms with Crippen molar-refractivity contribution in [3.05, 3.63) is 102 Å². The first-order valence-corrected chi connectivity index (χ1v) is 36.9. The van der Waals surface area contributed by atoms with Crippen molar-refractivity contribution in [1.82, 2.24) is 19.9 Å². The molecule has 0 N–H and O–H groups in total. The fraction of sp³-hybridized carbons (Fsp3) is 0.537. The summed E-state index contributed by atoms with van der Waals surface area (Å²) < 4.78 is 125. The molecule has 0 saturated carbocycles. The normalized spacial score (nSPS) is 19.0. The number of ether oxygens (including phenoxy) is 2. The number of hydrogen-bond donors (Lipinski definition) is 0. The molecule has 2 saturated heterocycles. The monoisotopic (exact) mass is 1220 g/mol. The van der Waals surface area contributed by atoms with Crippen molar-refractivity contribution in [2.75, 3.05) is 44.4 Å². The maximum atomic E-state index is 19.0. The van der Waals surface area contributed by atoms with Crippen molar-refractivity contribution >= 4 is 62.6 Å². The minimum Gasteiger partial charge on any atom is -0.543 e. The van der Waals surface area contributed by atoms with E-state index in [1.807, 2.05) is 66.7 Å². The van der Waals surface area contributed by atoms with Gasteiger partial charge in [-0.15, -0.1) is 5.54 Å². The molecule has 6 aromatic rings. The van der Waals surface area contributed by atoms with Crippen LogP contribution in [0.1, 0.15) is 135 Å². The van der Waals surface area contributed by atoms with Crippen LogP contribution in [0, 0.1) is 23.1 Å². The summed E-state index contributed by atoms with van der Waals surface area (Å²) in [5, 5.41) is 2.25. The molecule has 5 heterocycles. The van der Waals surface area contributed by atoms with Crippen LogP contribution in [0.3, 0.4) is 0 Å². The lowest BCUT2D eigenvalue weighted by molar-refractivity contribution is -0.140. The van der Waals surface area contributed by atoms with Gasteiger partial charge in [0.25, 0.3) is 16.6 Å². The van der Waals surface area contributed by atoms with Gasteiger partial charge in [0.15, 0.2) is 5.82 Å². The van der Waals surface area contributed by atoms with Crippen LogP contribution in [-0.2, 0) is 4.43 Å². The molecule has 3 aliphatic heterocycles. The van der Waals surface area contributed by atoms with Gasteiger partial charge in [0.1, 0.15) is 61.4 Å². The zero-order valence-corrected chi connectivity index (χ0v) is 55.4. The summed E-state index contributed by atoms with van der Waals surface area (Å²) in [7, 11) is -8.47. The Morgan fingerprint density at radius 3 is 1.94 bits per heavy atom. The van der Waals surface area contributed by atoms with Crippen LogP contribution in [-0.4, -0.2) is 108 Å². The van der Waals surface area contributed by atoms with E-state index in [9.17, 15) is 0 Å². The lowest BCUT2D eigenvalue weighted by Gasteiger charge is -2.43. The van der Waals surface area contributed by atoms with Crippen molar-refractivity contribution in [1.29, 1.82) is 0 Å². The van der Waals surface area contributed by atoms with Gasteiger partial charge in [-0.05, 0) is 91.6 Å². The molecule has 3 atom stereocenters. The molecular weight excluding hydrogens is 1140 g/mol. The second-order valence-corrected chi connectivity index (χ2v) is 42.3. The molecule has 4 aromatic carbocycles. The van der Waals surface area contributed by atoms with Gasteiger partial charge in [-0.25, -0.2) is 18.2 Å². The highest BCUT2D eigenvalue weighted by atomic mass is 28.4. The first-order valence-electron chi connectivity index (χ1n) is 30.6. The van der Waals surface area contributed by atoms with Gasteiger partial charge in [-0.1, -0.05) is 177 Å². The van der Waals surface area contributed by atoms with Gasteiger partial charge in [0, 0.05) is 30.5 Å². The number of rotatable bonds is 19. The molecule has 0 amide bonds. The minimum absolute atomic E-state index is 0.0450. The maximum Gasteiger partial charge on any atom is 0.391 e. The molecule has 3 aliphatic rings. The molecule has 0 bridgehead atoms. The molecule has 0 aliphatic carbocycles. The van der Waals surface area contributed by atoms with Crippen LogP contribution in [0.2, 0.25) is 38.3 Å². The smallest absolute Gasteiger partial charge is 0.391 e. The molecule has 9 nitrogen and oxygen atoms in total. The molecular formula is C67H87F6N5O4Si3. The predicted molar refractivity (Wildman–Crippen MR) is 339 cm³/mol. The summed E-state index contributed by atoms with van der Waals surface area (Å²) in [5.41, 5.74) is 3.69. The van der Waals surface area contributed by atoms with Gasteiger partial charge in [-0.2, -0.15) is 23.1 Å². The average molecular weight is 1220 g/mol. The fourth-order valence-electron chi connectivity index (χ4n) is 15.5. The Hall–Kier alpha value is -5.46. The molecule has 9 rings (SSSR count). The summed E-state index contributed by atoms with van der Waals surface area (Å²) in [6.45, 7) is 32.6. The summed E-state index contributed by atoms with van der Waals surface area (Å²) in [4.78, 5) is 18.3. The van der Waals surface area contributed by atoms with Crippen LogP contribution in [0.4, 0.5) is 32.2 Å². The standard InChI is InChI=1S/C67H87F6N5O4Si3/c1-42(2)83(43(3)4,44(5)6)34-29-54-56(69)28-27-48-35-51(82-84(45(7)8,46(9)10)47(11)12)36-55(57(48)54)60-59(70)61-58-62(76-64(75-61)80-41-66-30-22-31-77(66)39-49(68)37-66)78(50(38-67(71,72)73)40-79-63(58)74-60)32-33-81-85(65(13,14)15,52-23-18-16-19-24-52)53-25-20-17-21-26-53/h16-21,23-28,35-36,42-47,49-50H,22,30-33,37-41H2,1-15H3/t49-,50+,66+/m1/s1. The molecule has 0 unspecified atom stereocenters. The highest BCUT2D eigenvalue weighted by Crippen LogP contribution is 2.49. The quantitative estimate of drug-likeness (QED) is 0.0447. The van der Waals surface area contributed by atoms with E-state index in [-0.39, 0.29) is 111 Å². The number of benzene rings is 4. The van der Waals surface area contributed by atoms with Crippen LogP contribution in [0.25, 0.3) is 32.9 Å². The van der Waals surface area contributed by atoms with Crippen LogP contribution >= 0.6 is 0 Å². The Bertz CT molecular complexity index is 3340. The Labute approximate surface area is 503 Å². The lowest BCUT2D eigenvalue weighted by atomic mass is 9.95. The van der Waals surface area contributed by atoms with E-state index < -0.39 is 78.3 Å². The minimum atomic E-state index is -4.70. The Balaban J connectivity index is 1.31. The van der Waals surface area contributed by atoms with E-state index in [4.69, 9.17) is 33.3 Å². The lowest BCUT2D eigenvalue weighted by Crippen LogP contribution is -2.67. The van der Waals surface area contributed by atoms with E-state index in [1.165, 1.54) is 11.0 Å². The second-order valence-electron chi connectivity index (χ2n) is 27.0. The zero-order valence-electron chi connectivity index (χ0n) is 52.4. The average Bonchev–Trinajstić information content (AvgIpc) is 1.52. The fourth-order valence-corrected chi connectivity index (χ4v) is 30.5. The number of fused-ring (bicyclic) bond motifs is 2. The van der Waals surface area contributed by atoms with Gasteiger partial charge >= 0.3 is 12.2 Å². The van der Waals surface area contributed by atoms with Gasteiger partial charge in [-0.3, -0.25) is 4.90 Å². The SMILES string of the molecule is CC(C)[Si](C#Cc1c(F)ccc2cc(O[Si](C(C)C)(C(C)C)C(C)C)cc(-c3nc4c5c(nc(OC[C@@]67CCCN6C[C@H](F)C7)nc5c3F)N(CCO[Si](c3ccccc3)(c3ccccc3)C(C)(C)C)[C@@H](CC(F)(F)F)CO4)c12)(C(C)C)C(C)C. The third kappa shape index (κ3) is 11.9. The van der Waals surface area contributed by atoms with Crippen molar-refractivity contribution in [2.45, 2.75) is 192 Å². The largest absolute Gasteiger partial charge is 0.543 e. The third-order valence-corrected chi connectivity index (χ3v) is 36.5. The number of hydrogen-bond acceptors (Lipinski definition) is 9. The summed E-state index contributed by atoms with van der Waals surface area (Å²) in [6, 6.07) is 24.8. The van der Waals surface area contributed by atoms with E-state index in [2.05, 4.69) is 120 Å². The van der Waals surface area contributed by atoms with Gasteiger partial charge < -0.3 is 23.2 Å². The van der Waals surface area contributed by atoms with E-state index in [0.717, 1.165) is 16.8 Å². The Morgan fingerprint density at radius 1 is 0.765 bits per heavy atom. The van der Waals surface area contributed by atoms with Crippen LogP contribution in [0.5, 0.6) is 17.6 Å². The van der Waals surface area contributed by atoms with E-state index >= 15 is 26.3 Å². The molecule has 85 heavy (non-hydrogen) atoms. The van der Waals surface area contributed by atoms with Crippen molar-refractivity contribution in [3.63, 3.8) is 0 Å². The molecule has 2 fully saturated rings. The zero-order chi connectivity index (χ0) is 61.8. The second kappa shape index (κ2) is 24.6. The number of halogens is 6. The van der Waals surface area contributed by atoms with Crippen LogP contribution in [0.15, 0.2) is 84.9 Å². The van der Waals surface area contributed by atoms with Crippen molar-refractivity contribution in [2.24, 2.45) is 0 Å². The number of aromatic nitrogens is 3. The van der Waals surface area contributed by atoms with E-state index in [1.54, 1.807) is 12.1 Å². The molecule has 2 aromatic heterocycles. The molecule has 458 valence electrons. The first kappa shape index (κ1) is 64.0. The van der Waals surface area contributed by atoms with Crippen molar-refractivity contribution < 1.29 is 44.7 Å². The van der Waals surface area contributed by atoms with Gasteiger partial charge in [0.05, 0.1) is 30.2 Å². The maximum absolute atomic E-state index is 19.0. The first-order chi connectivity index (χ1) is 40.0.